The summed E-state index contributed by atoms with van der Waals surface area (Å²) >= 11 is 0. The van der Waals surface area contributed by atoms with Gasteiger partial charge in [0.2, 0.25) is 0 Å². The lowest BCUT2D eigenvalue weighted by molar-refractivity contribution is 0.122. The SMILES string of the molecule is OC(c1ccc(F)cc1)c1ccc(N2CCOCC2)cc1. The average molecular weight is 287 g/mol. The Bertz CT molecular complexity index is 577. The number of benzene rings is 2. The summed E-state index contributed by atoms with van der Waals surface area (Å²) < 4.78 is 18.3. The van der Waals surface area contributed by atoms with Crippen molar-refractivity contribution in [3.05, 3.63) is 65.5 Å². The van der Waals surface area contributed by atoms with Crippen LogP contribution in [0.3, 0.4) is 0 Å². The summed E-state index contributed by atoms with van der Waals surface area (Å²) in [5.74, 6) is -0.298. The number of aliphatic hydroxyl groups is 1. The number of ether oxygens (including phenoxy) is 1. The monoisotopic (exact) mass is 287 g/mol. The van der Waals surface area contributed by atoms with Crippen molar-refractivity contribution in [2.24, 2.45) is 0 Å². The molecule has 0 aromatic heterocycles. The van der Waals surface area contributed by atoms with Gasteiger partial charge in [0.25, 0.3) is 0 Å². The second-order valence-corrected chi connectivity index (χ2v) is 5.15. The lowest BCUT2D eigenvalue weighted by Crippen LogP contribution is -2.36. The smallest absolute Gasteiger partial charge is 0.123 e. The highest BCUT2D eigenvalue weighted by molar-refractivity contribution is 5.49. The lowest BCUT2D eigenvalue weighted by Gasteiger charge is -2.29. The maximum atomic E-state index is 12.9. The van der Waals surface area contributed by atoms with E-state index in [1.807, 2.05) is 24.3 Å². The second kappa shape index (κ2) is 6.24. The molecular formula is C17H18FNO2. The molecule has 1 heterocycles. The van der Waals surface area contributed by atoms with E-state index in [0.717, 1.165) is 37.6 Å². The zero-order valence-electron chi connectivity index (χ0n) is 11.7. The van der Waals surface area contributed by atoms with E-state index in [9.17, 15) is 9.50 Å². The van der Waals surface area contributed by atoms with Gasteiger partial charge in [-0.05, 0) is 35.4 Å². The van der Waals surface area contributed by atoms with Crippen molar-refractivity contribution < 1.29 is 14.2 Å². The van der Waals surface area contributed by atoms with E-state index in [1.165, 1.54) is 12.1 Å². The first-order chi connectivity index (χ1) is 10.2. The molecule has 1 fully saturated rings. The third-order valence-electron chi connectivity index (χ3n) is 3.77. The number of nitrogens with zero attached hydrogens (tertiary/aromatic N) is 1. The van der Waals surface area contributed by atoms with Gasteiger partial charge in [-0.15, -0.1) is 0 Å². The summed E-state index contributed by atoms with van der Waals surface area (Å²) in [6, 6.07) is 13.8. The van der Waals surface area contributed by atoms with E-state index in [0.29, 0.717) is 5.56 Å². The van der Waals surface area contributed by atoms with Crippen LogP contribution in [0.2, 0.25) is 0 Å². The van der Waals surface area contributed by atoms with Crippen LogP contribution >= 0.6 is 0 Å². The van der Waals surface area contributed by atoms with E-state index < -0.39 is 6.10 Å². The summed E-state index contributed by atoms with van der Waals surface area (Å²) in [7, 11) is 0. The van der Waals surface area contributed by atoms with Crippen molar-refractivity contribution in [1.82, 2.24) is 0 Å². The average Bonchev–Trinajstić information content (AvgIpc) is 2.56. The Balaban J connectivity index is 1.75. The molecule has 4 heteroatoms. The molecule has 2 aromatic carbocycles. The normalized spacial score (nSPS) is 16.8. The predicted molar refractivity (Wildman–Crippen MR) is 79.9 cm³/mol. The van der Waals surface area contributed by atoms with Crippen LogP contribution in [-0.2, 0) is 4.74 Å². The molecule has 0 aliphatic carbocycles. The van der Waals surface area contributed by atoms with Gasteiger partial charge in [-0.2, -0.15) is 0 Å². The van der Waals surface area contributed by atoms with E-state index >= 15 is 0 Å². The Labute approximate surface area is 123 Å². The number of hydrogen-bond acceptors (Lipinski definition) is 3. The zero-order valence-corrected chi connectivity index (χ0v) is 11.7. The highest BCUT2D eigenvalue weighted by atomic mass is 19.1. The van der Waals surface area contributed by atoms with Crippen molar-refractivity contribution in [1.29, 1.82) is 0 Å². The van der Waals surface area contributed by atoms with E-state index in [1.54, 1.807) is 12.1 Å². The van der Waals surface area contributed by atoms with Gasteiger partial charge in [0.15, 0.2) is 0 Å². The Morgan fingerprint density at radius 1 is 0.905 bits per heavy atom. The Morgan fingerprint density at radius 2 is 1.43 bits per heavy atom. The van der Waals surface area contributed by atoms with E-state index in [2.05, 4.69) is 4.90 Å². The molecule has 0 saturated carbocycles. The summed E-state index contributed by atoms with van der Waals surface area (Å²) in [4.78, 5) is 2.26. The van der Waals surface area contributed by atoms with E-state index in [4.69, 9.17) is 4.74 Å². The van der Waals surface area contributed by atoms with Crippen LogP contribution in [-0.4, -0.2) is 31.4 Å². The summed E-state index contributed by atoms with van der Waals surface area (Å²) in [6.45, 7) is 3.28. The van der Waals surface area contributed by atoms with Gasteiger partial charge in [-0.1, -0.05) is 24.3 Å². The Morgan fingerprint density at radius 3 is 2.00 bits per heavy atom. The first-order valence-electron chi connectivity index (χ1n) is 7.10. The van der Waals surface area contributed by atoms with Crippen molar-refractivity contribution in [2.45, 2.75) is 6.10 Å². The van der Waals surface area contributed by atoms with Crippen molar-refractivity contribution in [3.63, 3.8) is 0 Å². The second-order valence-electron chi connectivity index (χ2n) is 5.15. The maximum absolute atomic E-state index is 12.9. The number of aliphatic hydroxyl groups excluding tert-OH is 1. The molecule has 1 atom stereocenters. The first-order valence-corrected chi connectivity index (χ1v) is 7.10. The number of rotatable bonds is 3. The van der Waals surface area contributed by atoms with Crippen LogP contribution in [0.1, 0.15) is 17.2 Å². The minimum atomic E-state index is -0.732. The molecule has 0 radical (unpaired) electrons. The third-order valence-corrected chi connectivity index (χ3v) is 3.77. The van der Waals surface area contributed by atoms with Crippen LogP contribution in [0.4, 0.5) is 10.1 Å². The van der Waals surface area contributed by atoms with Crippen LogP contribution < -0.4 is 4.90 Å². The molecule has 0 bridgehead atoms. The van der Waals surface area contributed by atoms with Crippen molar-refractivity contribution >= 4 is 5.69 Å². The Kier molecular flexibility index (Phi) is 4.18. The molecule has 1 saturated heterocycles. The summed E-state index contributed by atoms with van der Waals surface area (Å²) in [5, 5.41) is 10.3. The van der Waals surface area contributed by atoms with Crippen molar-refractivity contribution in [3.8, 4) is 0 Å². The van der Waals surface area contributed by atoms with Crippen LogP contribution in [0.5, 0.6) is 0 Å². The van der Waals surface area contributed by atoms with Crippen LogP contribution in [0.15, 0.2) is 48.5 Å². The topological polar surface area (TPSA) is 32.7 Å². The first kappa shape index (κ1) is 14.0. The van der Waals surface area contributed by atoms with Crippen molar-refractivity contribution in [2.75, 3.05) is 31.2 Å². The Hall–Kier alpha value is -1.91. The molecule has 3 rings (SSSR count). The number of anilines is 1. The van der Waals surface area contributed by atoms with Gasteiger partial charge >= 0.3 is 0 Å². The standard InChI is InChI=1S/C17H18FNO2/c18-15-5-1-13(2-6-15)17(20)14-3-7-16(8-4-14)19-9-11-21-12-10-19/h1-8,17,20H,9-12H2. The van der Waals surface area contributed by atoms with E-state index in [-0.39, 0.29) is 5.82 Å². The largest absolute Gasteiger partial charge is 0.384 e. The molecule has 1 aliphatic rings. The minimum absolute atomic E-state index is 0.298. The number of morpholine rings is 1. The molecule has 0 amide bonds. The van der Waals surface area contributed by atoms with Gasteiger partial charge in [-0.3, -0.25) is 0 Å². The molecule has 110 valence electrons. The maximum Gasteiger partial charge on any atom is 0.123 e. The molecule has 1 aliphatic heterocycles. The summed E-state index contributed by atoms with van der Waals surface area (Å²) in [5.41, 5.74) is 2.63. The van der Waals surface area contributed by atoms with Crippen LogP contribution in [0, 0.1) is 5.82 Å². The highest BCUT2D eigenvalue weighted by Gasteiger charge is 2.13. The van der Waals surface area contributed by atoms with Gasteiger partial charge in [0.1, 0.15) is 11.9 Å². The molecule has 3 nitrogen and oxygen atoms in total. The lowest BCUT2D eigenvalue weighted by atomic mass is 10.0. The van der Waals surface area contributed by atoms with Crippen LogP contribution in [0.25, 0.3) is 0 Å². The fourth-order valence-corrected chi connectivity index (χ4v) is 2.53. The number of hydrogen-bond donors (Lipinski definition) is 1. The van der Waals surface area contributed by atoms with Gasteiger partial charge in [0.05, 0.1) is 13.2 Å². The predicted octanol–water partition coefficient (Wildman–Crippen LogP) is 2.74. The molecule has 2 aromatic rings. The van der Waals surface area contributed by atoms with Gasteiger partial charge < -0.3 is 14.7 Å². The quantitative estimate of drug-likeness (QED) is 0.942. The molecule has 1 unspecified atom stereocenters. The van der Waals surface area contributed by atoms with Gasteiger partial charge in [-0.25, -0.2) is 4.39 Å². The molecule has 21 heavy (non-hydrogen) atoms. The molecule has 0 spiro atoms. The fraction of sp³-hybridized carbons (Fsp3) is 0.294. The third kappa shape index (κ3) is 3.23. The summed E-state index contributed by atoms with van der Waals surface area (Å²) in [6.07, 6.45) is -0.732. The zero-order chi connectivity index (χ0) is 14.7. The number of halogens is 1. The molecular weight excluding hydrogens is 269 g/mol. The van der Waals surface area contributed by atoms with Gasteiger partial charge in [0, 0.05) is 18.8 Å². The molecule has 1 N–H and O–H groups in total. The minimum Gasteiger partial charge on any atom is -0.384 e. The highest BCUT2D eigenvalue weighted by Crippen LogP contribution is 2.25. The fourth-order valence-electron chi connectivity index (χ4n) is 2.53.